The molecule has 0 unspecified atom stereocenters. The fourth-order valence-electron chi connectivity index (χ4n) is 4.56. The van der Waals surface area contributed by atoms with E-state index in [9.17, 15) is 4.79 Å². The number of benzene rings is 1. The number of nitrogens with zero attached hydrogens (tertiary/aromatic N) is 1. The van der Waals surface area contributed by atoms with Crippen LogP contribution in [0.5, 0.6) is 0 Å². The third-order valence-electron chi connectivity index (χ3n) is 5.85. The van der Waals surface area contributed by atoms with Gasteiger partial charge >= 0.3 is 0 Å². The number of allylic oxidation sites excluding steroid dienone is 2. The number of anilines is 1. The third kappa shape index (κ3) is 2.17. The Kier molecular flexibility index (Phi) is 3.76. The second-order valence-corrected chi connectivity index (χ2v) is 7.89. The number of hydrogen-bond acceptors (Lipinski definition) is 3. The normalized spacial score (nSPS) is 26.8. The summed E-state index contributed by atoms with van der Waals surface area (Å²) in [7, 11) is 0. The molecule has 0 radical (unpaired) electrons. The lowest BCUT2D eigenvalue weighted by Crippen LogP contribution is -2.48. The van der Waals surface area contributed by atoms with Crippen molar-refractivity contribution >= 4 is 11.6 Å². The Morgan fingerprint density at radius 2 is 1.92 bits per heavy atom. The van der Waals surface area contributed by atoms with Crippen LogP contribution in [0.25, 0.3) is 0 Å². The van der Waals surface area contributed by atoms with Crippen molar-refractivity contribution in [2.24, 2.45) is 5.41 Å². The maximum Gasteiger partial charge on any atom is 0.162 e. The molecule has 3 nitrogen and oxygen atoms in total. The number of hydrogen-bond donors (Lipinski definition) is 1. The minimum atomic E-state index is -1.24. The molecule has 4 rings (SSSR count). The molecule has 2 heterocycles. The zero-order valence-corrected chi connectivity index (χ0v) is 15.3. The fraction of sp³-hybridized carbons (Fsp3) is 0.364. The number of carbonyl (C=O) groups excluding carboxylic acids is 1. The quantitative estimate of drug-likeness (QED) is 0.846. The van der Waals surface area contributed by atoms with Crippen molar-refractivity contribution in [3.05, 3.63) is 71.1 Å². The first kappa shape index (κ1) is 17.0. The maximum absolute atomic E-state index is 15.5. The van der Waals surface area contributed by atoms with E-state index in [0.29, 0.717) is 23.5 Å². The molecule has 1 aromatic carbocycles. The van der Waals surface area contributed by atoms with E-state index in [-0.39, 0.29) is 12.2 Å². The van der Waals surface area contributed by atoms with E-state index < -0.39 is 17.0 Å². The van der Waals surface area contributed by atoms with Crippen molar-refractivity contribution in [3.63, 3.8) is 0 Å². The first-order valence-corrected chi connectivity index (χ1v) is 9.12. The van der Waals surface area contributed by atoms with E-state index in [1.807, 2.05) is 56.3 Å². The largest absolute Gasteiger partial charge is 0.341 e. The van der Waals surface area contributed by atoms with Gasteiger partial charge in [-0.1, -0.05) is 57.2 Å². The average Bonchev–Trinajstić information content (AvgIpc) is 2.65. The van der Waals surface area contributed by atoms with Crippen molar-refractivity contribution in [1.82, 2.24) is 4.98 Å². The minimum Gasteiger partial charge on any atom is -0.341 e. The van der Waals surface area contributed by atoms with Gasteiger partial charge in [0.05, 0.1) is 11.1 Å². The molecule has 1 N–H and O–H groups in total. The Bertz CT molecular complexity index is 903. The minimum absolute atomic E-state index is 0.0200. The predicted molar refractivity (Wildman–Crippen MR) is 101 cm³/mol. The van der Waals surface area contributed by atoms with Crippen LogP contribution < -0.4 is 5.32 Å². The highest BCUT2D eigenvalue weighted by molar-refractivity contribution is 6.03. The molecule has 0 spiro atoms. The molecular weight excluding hydrogens is 327 g/mol. The lowest BCUT2D eigenvalue weighted by molar-refractivity contribution is -0.120. The summed E-state index contributed by atoms with van der Waals surface area (Å²) in [6.07, 6.45) is 1.33. The second kappa shape index (κ2) is 5.76. The molecule has 2 atom stereocenters. The first-order valence-electron chi connectivity index (χ1n) is 9.12. The summed E-state index contributed by atoms with van der Waals surface area (Å²) in [5, 5.41) is 3.17. The highest BCUT2D eigenvalue weighted by atomic mass is 19.1. The van der Waals surface area contributed by atoms with Crippen molar-refractivity contribution in [2.45, 2.75) is 45.2 Å². The summed E-state index contributed by atoms with van der Waals surface area (Å²) in [4.78, 5) is 17.7. The number of alkyl halides is 1. The van der Waals surface area contributed by atoms with Crippen LogP contribution in [0.4, 0.5) is 10.2 Å². The lowest BCUT2D eigenvalue weighted by atomic mass is 9.59. The van der Waals surface area contributed by atoms with Crippen LogP contribution in [0.15, 0.2) is 59.9 Å². The van der Waals surface area contributed by atoms with Gasteiger partial charge in [-0.15, -0.1) is 0 Å². The smallest absolute Gasteiger partial charge is 0.162 e. The van der Waals surface area contributed by atoms with E-state index in [1.165, 1.54) is 0 Å². The topological polar surface area (TPSA) is 42.0 Å². The molecule has 4 heteroatoms. The lowest BCUT2D eigenvalue weighted by Gasteiger charge is -2.47. The Morgan fingerprint density at radius 3 is 2.62 bits per heavy atom. The Balaban J connectivity index is 2.08. The number of ketones is 1. The SMILES string of the molecule is CC[C@@]1(c2ccccc2)C2=C(Nc3ncccc31)[C@H](F)C(C)(C)CC2=O. The molecule has 2 aromatic rings. The molecule has 134 valence electrons. The number of halogens is 1. The van der Waals surface area contributed by atoms with Crippen molar-refractivity contribution in [1.29, 1.82) is 0 Å². The van der Waals surface area contributed by atoms with Gasteiger partial charge < -0.3 is 5.32 Å². The van der Waals surface area contributed by atoms with E-state index in [0.717, 1.165) is 11.1 Å². The van der Waals surface area contributed by atoms with Crippen LogP contribution in [0, 0.1) is 5.41 Å². The van der Waals surface area contributed by atoms with Crippen LogP contribution in [-0.4, -0.2) is 16.9 Å². The highest BCUT2D eigenvalue weighted by Gasteiger charge is 2.53. The van der Waals surface area contributed by atoms with Crippen LogP contribution in [0.1, 0.15) is 44.7 Å². The fourth-order valence-corrected chi connectivity index (χ4v) is 4.56. The standard InChI is InChI=1S/C22H23FN2O/c1-4-22(14-9-6-5-7-10-14)15-11-8-12-24-20(15)25-18-17(22)16(26)13-21(2,3)19(18)23/h5-12,19H,4,13H2,1-3H3,(H,24,25)/t19-,22-/m0/s1. The van der Waals surface area contributed by atoms with Crippen molar-refractivity contribution in [3.8, 4) is 0 Å². The van der Waals surface area contributed by atoms with Gasteiger partial charge in [-0.3, -0.25) is 4.79 Å². The highest BCUT2D eigenvalue weighted by Crippen LogP contribution is 2.54. The number of nitrogens with one attached hydrogen (secondary N) is 1. The molecule has 0 bridgehead atoms. The molecule has 2 aliphatic rings. The van der Waals surface area contributed by atoms with E-state index >= 15 is 4.39 Å². The number of pyridine rings is 1. The van der Waals surface area contributed by atoms with Gasteiger partial charge in [0.25, 0.3) is 0 Å². The predicted octanol–water partition coefficient (Wildman–Crippen LogP) is 4.79. The monoisotopic (exact) mass is 350 g/mol. The zero-order chi connectivity index (χ0) is 18.5. The molecule has 0 saturated heterocycles. The van der Waals surface area contributed by atoms with Crippen LogP contribution in [-0.2, 0) is 10.2 Å². The second-order valence-electron chi connectivity index (χ2n) is 7.89. The van der Waals surface area contributed by atoms with Crippen LogP contribution in [0.2, 0.25) is 0 Å². The maximum atomic E-state index is 15.5. The van der Waals surface area contributed by atoms with Crippen LogP contribution in [0.3, 0.4) is 0 Å². The summed E-state index contributed by atoms with van der Waals surface area (Å²) >= 11 is 0. The summed E-state index contributed by atoms with van der Waals surface area (Å²) in [5.74, 6) is 0.664. The molecule has 0 fully saturated rings. The van der Waals surface area contributed by atoms with Crippen molar-refractivity contribution in [2.75, 3.05) is 5.32 Å². The van der Waals surface area contributed by atoms with Gasteiger partial charge in [-0.25, -0.2) is 9.37 Å². The zero-order valence-electron chi connectivity index (χ0n) is 15.3. The summed E-state index contributed by atoms with van der Waals surface area (Å²) in [6.45, 7) is 5.68. The molecule has 26 heavy (non-hydrogen) atoms. The van der Waals surface area contributed by atoms with Gasteiger partial charge in [0.2, 0.25) is 0 Å². The first-order chi connectivity index (χ1) is 12.4. The van der Waals surface area contributed by atoms with Crippen molar-refractivity contribution < 1.29 is 9.18 Å². The number of Topliss-reactive ketones (excluding diaryl/α,β-unsaturated/α-hetero) is 1. The van der Waals surface area contributed by atoms with Gasteiger partial charge in [0.15, 0.2) is 5.78 Å². The number of fused-ring (bicyclic) bond motifs is 1. The Hall–Kier alpha value is -2.49. The summed E-state index contributed by atoms with van der Waals surface area (Å²) < 4.78 is 15.5. The number of rotatable bonds is 2. The summed E-state index contributed by atoms with van der Waals surface area (Å²) in [6, 6.07) is 13.8. The van der Waals surface area contributed by atoms with E-state index in [1.54, 1.807) is 6.20 Å². The molecule has 1 aliphatic heterocycles. The summed E-state index contributed by atoms with van der Waals surface area (Å²) in [5.41, 5.74) is 1.50. The molecule has 0 amide bonds. The molecule has 0 saturated carbocycles. The number of aromatic nitrogens is 1. The Labute approximate surface area is 153 Å². The average molecular weight is 350 g/mol. The molecule has 1 aliphatic carbocycles. The number of carbonyl (C=O) groups is 1. The molecule has 1 aromatic heterocycles. The van der Waals surface area contributed by atoms with Gasteiger partial charge in [-0.2, -0.15) is 0 Å². The van der Waals surface area contributed by atoms with Crippen LogP contribution >= 0.6 is 0 Å². The van der Waals surface area contributed by atoms with Gasteiger partial charge in [-0.05, 0) is 18.1 Å². The van der Waals surface area contributed by atoms with Gasteiger partial charge in [0.1, 0.15) is 12.0 Å². The van der Waals surface area contributed by atoms with E-state index in [4.69, 9.17) is 0 Å². The molecular formula is C22H23FN2O. The van der Waals surface area contributed by atoms with Gasteiger partial charge in [0, 0.05) is 29.2 Å². The third-order valence-corrected chi connectivity index (χ3v) is 5.85. The Morgan fingerprint density at radius 1 is 1.19 bits per heavy atom. The van der Waals surface area contributed by atoms with E-state index in [2.05, 4.69) is 17.2 Å².